The SMILES string of the molecule is CCCCN1CCN(C(C(=O)NC2CCCC2)c2ccccc2)C(=O)C1=O. The maximum atomic E-state index is 13.1. The fourth-order valence-electron chi connectivity index (χ4n) is 3.96. The normalized spacial score (nSPS) is 19.4. The topological polar surface area (TPSA) is 69.7 Å². The lowest BCUT2D eigenvalue weighted by Crippen LogP contribution is -2.57. The van der Waals surface area contributed by atoms with Gasteiger partial charge < -0.3 is 15.1 Å². The summed E-state index contributed by atoms with van der Waals surface area (Å²) in [5.74, 6) is -1.26. The van der Waals surface area contributed by atoms with Crippen LogP contribution in [0.1, 0.15) is 57.1 Å². The van der Waals surface area contributed by atoms with Gasteiger partial charge >= 0.3 is 11.8 Å². The van der Waals surface area contributed by atoms with Gasteiger partial charge in [-0.15, -0.1) is 0 Å². The second-order valence-corrected chi connectivity index (χ2v) is 7.45. The van der Waals surface area contributed by atoms with E-state index in [1.54, 1.807) is 4.90 Å². The van der Waals surface area contributed by atoms with Crippen molar-refractivity contribution >= 4 is 17.7 Å². The third-order valence-corrected chi connectivity index (χ3v) is 5.50. The molecule has 146 valence electrons. The molecule has 1 atom stereocenters. The molecule has 1 N–H and O–H groups in total. The van der Waals surface area contributed by atoms with Gasteiger partial charge in [0.2, 0.25) is 5.91 Å². The van der Waals surface area contributed by atoms with Gasteiger partial charge in [0.1, 0.15) is 6.04 Å². The van der Waals surface area contributed by atoms with Crippen LogP contribution in [0.2, 0.25) is 0 Å². The highest BCUT2D eigenvalue weighted by atomic mass is 16.2. The van der Waals surface area contributed by atoms with Crippen molar-refractivity contribution in [2.75, 3.05) is 19.6 Å². The first-order chi connectivity index (χ1) is 13.1. The summed E-state index contributed by atoms with van der Waals surface area (Å²) in [4.78, 5) is 41.5. The summed E-state index contributed by atoms with van der Waals surface area (Å²) in [6, 6.07) is 8.70. The van der Waals surface area contributed by atoms with Gasteiger partial charge in [0.15, 0.2) is 0 Å². The summed E-state index contributed by atoms with van der Waals surface area (Å²) >= 11 is 0. The van der Waals surface area contributed by atoms with Crippen molar-refractivity contribution in [1.29, 1.82) is 0 Å². The number of carbonyl (C=O) groups is 3. The Kier molecular flexibility index (Phi) is 6.48. The Morgan fingerprint density at radius 1 is 1.11 bits per heavy atom. The van der Waals surface area contributed by atoms with Crippen molar-refractivity contribution in [3.05, 3.63) is 35.9 Å². The highest BCUT2D eigenvalue weighted by Gasteiger charge is 2.40. The monoisotopic (exact) mass is 371 g/mol. The van der Waals surface area contributed by atoms with Gasteiger partial charge in [0.25, 0.3) is 0 Å². The molecular formula is C21H29N3O3. The summed E-state index contributed by atoms with van der Waals surface area (Å²) in [5, 5.41) is 3.10. The van der Waals surface area contributed by atoms with Crippen LogP contribution >= 0.6 is 0 Å². The van der Waals surface area contributed by atoms with Crippen molar-refractivity contribution in [2.45, 2.75) is 57.5 Å². The van der Waals surface area contributed by atoms with Gasteiger partial charge in [0, 0.05) is 25.7 Å². The Morgan fingerprint density at radius 2 is 1.81 bits per heavy atom. The Morgan fingerprint density at radius 3 is 2.48 bits per heavy atom. The number of benzene rings is 1. The summed E-state index contributed by atoms with van der Waals surface area (Å²) in [6.45, 7) is 3.51. The number of unbranched alkanes of at least 4 members (excludes halogenated alkanes) is 1. The second-order valence-electron chi connectivity index (χ2n) is 7.45. The number of piperazine rings is 1. The number of nitrogens with one attached hydrogen (secondary N) is 1. The van der Waals surface area contributed by atoms with E-state index < -0.39 is 17.9 Å². The summed E-state index contributed by atoms with van der Waals surface area (Å²) in [7, 11) is 0. The van der Waals surface area contributed by atoms with E-state index in [0.29, 0.717) is 19.6 Å². The molecule has 6 nitrogen and oxygen atoms in total. The number of amides is 3. The lowest BCUT2D eigenvalue weighted by Gasteiger charge is -2.38. The van der Waals surface area contributed by atoms with Crippen LogP contribution < -0.4 is 5.32 Å². The molecule has 1 aromatic carbocycles. The minimum absolute atomic E-state index is 0.167. The second kappa shape index (κ2) is 9.02. The number of rotatable bonds is 7. The minimum atomic E-state index is -0.753. The van der Waals surface area contributed by atoms with Gasteiger partial charge in [-0.05, 0) is 24.8 Å². The summed E-state index contributed by atoms with van der Waals surface area (Å²) in [5.41, 5.74) is 0.746. The molecule has 1 heterocycles. The van der Waals surface area contributed by atoms with Crippen molar-refractivity contribution in [2.24, 2.45) is 0 Å². The van der Waals surface area contributed by atoms with Gasteiger partial charge in [-0.1, -0.05) is 56.5 Å². The van der Waals surface area contributed by atoms with Gasteiger partial charge in [0.05, 0.1) is 0 Å². The number of hydrogen-bond donors (Lipinski definition) is 1. The molecule has 1 aromatic rings. The first kappa shape index (κ1) is 19.4. The van der Waals surface area contributed by atoms with Crippen LogP contribution in [0.4, 0.5) is 0 Å². The molecule has 6 heteroatoms. The quantitative estimate of drug-likeness (QED) is 0.748. The number of hydrogen-bond acceptors (Lipinski definition) is 3. The van der Waals surface area contributed by atoms with Crippen LogP contribution in [-0.4, -0.2) is 53.2 Å². The van der Waals surface area contributed by atoms with Crippen LogP contribution in [0.15, 0.2) is 30.3 Å². The van der Waals surface area contributed by atoms with Crippen molar-refractivity contribution in [1.82, 2.24) is 15.1 Å². The molecule has 0 spiro atoms. The van der Waals surface area contributed by atoms with Crippen LogP contribution in [0, 0.1) is 0 Å². The Labute approximate surface area is 160 Å². The average Bonchev–Trinajstić information content (AvgIpc) is 3.18. The Hall–Kier alpha value is -2.37. The van der Waals surface area contributed by atoms with E-state index in [2.05, 4.69) is 12.2 Å². The molecule has 2 fully saturated rings. The third-order valence-electron chi connectivity index (χ3n) is 5.50. The summed E-state index contributed by atoms with van der Waals surface area (Å²) in [6.07, 6.45) is 6.04. The van der Waals surface area contributed by atoms with Crippen LogP contribution in [-0.2, 0) is 14.4 Å². The zero-order valence-corrected chi connectivity index (χ0v) is 16.0. The van der Waals surface area contributed by atoms with Crippen molar-refractivity contribution in [3.8, 4) is 0 Å². The van der Waals surface area contributed by atoms with E-state index in [-0.39, 0.29) is 11.9 Å². The molecule has 1 saturated carbocycles. The molecule has 27 heavy (non-hydrogen) atoms. The average molecular weight is 371 g/mol. The largest absolute Gasteiger partial charge is 0.351 e. The van der Waals surface area contributed by atoms with E-state index in [1.165, 1.54) is 4.90 Å². The molecule has 1 saturated heterocycles. The predicted octanol–water partition coefficient (Wildman–Crippen LogP) is 2.26. The molecule has 2 aliphatic rings. The fraction of sp³-hybridized carbons (Fsp3) is 0.571. The predicted molar refractivity (Wildman–Crippen MR) is 103 cm³/mol. The first-order valence-electron chi connectivity index (χ1n) is 10.1. The fourth-order valence-corrected chi connectivity index (χ4v) is 3.96. The summed E-state index contributed by atoms with van der Waals surface area (Å²) < 4.78 is 0. The molecule has 0 radical (unpaired) electrons. The van der Waals surface area contributed by atoms with Crippen LogP contribution in [0.3, 0.4) is 0 Å². The van der Waals surface area contributed by atoms with E-state index in [1.807, 2.05) is 30.3 Å². The highest BCUT2D eigenvalue weighted by molar-refractivity contribution is 6.35. The standard InChI is InChI=1S/C21H29N3O3/c1-2-3-13-23-14-15-24(21(27)20(23)26)18(16-9-5-4-6-10-16)19(25)22-17-11-7-8-12-17/h4-6,9-10,17-18H,2-3,7-8,11-15H2,1H3,(H,22,25). The van der Waals surface area contributed by atoms with E-state index >= 15 is 0 Å². The van der Waals surface area contributed by atoms with Crippen LogP contribution in [0.25, 0.3) is 0 Å². The van der Waals surface area contributed by atoms with Crippen LogP contribution in [0.5, 0.6) is 0 Å². The zero-order chi connectivity index (χ0) is 19.2. The molecule has 1 aliphatic heterocycles. The molecular weight excluding hydrogens is 342 g/mol. The lowest BCUT2D eigenvalue weighted by atomic mass is 10.0. The zero-order valence-electron chi connectivity index (χ0n) is 16.0. The van der Waals surface area contributed by atoms with E-state index in [9.17, 15) is 14.4 Å². The van der Waals surface area contributed by atoms with Gasteiger partial charge in [-0.3, -0.25) is 14.4 Å². The smallest absolute Gasteiger partial charge is 0.313 e. The van der Waals surface area contributed by atoms with Crippen molar-refractivity contribution in [3.63, 3.8) is 0 Å². The molecule has 0 bridgehead atoms. The molecule has 1 aliphatic carbocycles. The highest BCUT2D eigenvalue weighted by Crippen LogP contribution is 2.26. The van der Waals surface area contributed by atoms with Crippen molar-refractivity contribution < 1.29 is 14.4 Å². The third kappa shape index (κ3) is 4.49. The van der Waals surface area contributed by atoms with Gasteiger partial charge in [-0.2, -0.15) is 0 Å². The molecule has 3 rings (SSSR count). The van der Waals surface area contributed by atoms with E-state index in [4.69, 9.17) is 0 Å². The van der Waals surface area contributed by atoms with Gasteiger partial charge in [-0.25, -0.2) is 0 Å². The molecule has 1 unspecified atom stereocenters. The molecule has 3 amide bonds. The number of carbonyl (C=O) groups excluding carboxylic acids is 3. The van der Waals surface area contributed by atoms with E-state index in [0.717, 1.165) is 44.1 Å². The minimum Gasteiger partial charge on any atom is -0.351 e. The first-order valence-corrected chi connectivity index (χ1v) is 10.1. The Balaban J connectivity index is 1.79. The Bertz CT molecular complexity index is 671. The number of nitrogens with zero attached hydrogens (tertiary/aromatic N) is 2. The lowest BCUT2D eigenvalue weighted by molar-refractivity contribution is -0.159. The maximum absolute atomic E-state index is 13.1. The molecule has 0 aromatic heterocycles. The maximum Gasteiger partial charge on any atom is 0.313 e.